The van der Waals surface area contributed by atoms with Crippen molar-refractivity contribution in [3.05, 3.63) is 41.2 Å². The van der Waals surface area contributed by atoms with Crippen LogP contribution >= 0.6 is 0 Å². The zero-order chi connectivity index (χ0) is 13.0. The molecule has 2 aromatic rings. The predicted molar refractivity (Wildman–Crippen MR) is 75.7 cm³/mol. The molecule has 4 N–H and O–H groups in total. The summed E-state index contributed by atoms with van der Waals surface area (Å²) in [5.41, 5.74) is 11.3. The van der Waals surface area contributed by atoms with Crippen molar-refractivity contribution in [2.24, 2.45) is 0 Å². The van der Waals surface area contributed by atoms with Gasteiger partial charge in [-0.25, -0.2) is 0 Å². The summed E-state index contributed by atoms with van der Waals surface area (Å²) in [6, 6.07) is 6.04. The van der Waals surface area contributed by atoms with Gasteiger partial charge in [0.25, 0.3) is 0 Å². The summed E-state index contributed by atoms with van der Waals surface area (Å²) in [5, 5.41) is 10.4. The minimum absolute atomic E-state index is 0.842. The molecule has 0 aliphatic heterocycles. The Morgan fingerprint density at radius 1 is 1.33 bits per heavy atom. The number of hydrogen-bond donors (Lipinski definition) is 3. The summed E-state index contributed by atoms with van der Waals surface area (Å²) in [5.74, 6) is 0. The lowest BCUT2D eigenvalue weighted by molar-refractivity contribution is 0.857. The Balaban J connectivity index is 1.78. The first-order valence-electron chi connectivity index (χ1n) is 6.25. The molecule has 18 heavy (non-hydrogen) atoms. The molecule has 1 aromatic heterocycles. The SMILES string of the molecule is Cc1cc(NCCCc2cn[nH]c2C)ccc1N. The zero-order valence-corrected chi connectivity index (χ0v) is 11.0. The van der Waals surface area contributed by atoms with Crippen molar-refractivity contribution in [3.63, 3.8) is 0 Å². The fraction of sp³-hybridized carbons (Fsp3) is 0.357. The van der Waals surface area contributed by atoms with Crippen molar-refractivity contribution < 1.29 is 0 Å². The highest BCUT2D eigenvalue weighted by atomic mass is 15.1. The van der Waals surface area contributed by atoms with Gasteiger partial charge in [-0.05, 0) is 56.0 Å². The van der Waals surface area contributed by atoms with Crippen molar-refractivity contribution in [1.29, 1.82) is 0 Å². The molecule has 4 nitrogen and oxygen atoms in total. The van der Waals surface area contributed by atoms with E-state index in [1.54, 1.807) is 0 Å². The van der Waals surface area contributed by atoms with Crippen molar-refractivity contribution >= 4 is 11.4 Å². The first-order valence-corrected chi connectivity index (χ1v) is 6.25. The number of nitrogens with zero attached hydrogens (tertiary/aromatic N) is 1. The number of rotatable bonds is 5. The summed E-state index contributed by atoms with van der Waals surface area (Å²) in [6.45, 7) is 5.03. The first kappa shape index (κ1) is 12.5. The lowest BCUT2D eigenvalue weighted by atomic mass is 10.1. The van der Waals surface area contributed by atoms with Crippen molar-refractivity contribution in [3.8, 4) is 0 Å². The van der Waals surface area contributed by atoms with Gasteiger partial charge in [-0.1, -0.05) is 0 Å². The molecule has 96 valence electrons. The third kappa shape index (κ3) is 3.03. The summed E-state index contributed by atoms with van der Waals surface area (Å²) in [7, 11) is 0. The standard InChI is InChI=1S/C14H20N4/c1-10-8-13(5-6-14(10)15)16-7-3-4-12-9-17-18-11(12)2/h5-6,8-9,16H,3-4,7,15H2,1-2H3,(H,17,18). The Bertz CT molecular complexity index is 516. The Labute approximate surface area is 108 Å². The predicted octanol–water partition coefficient (Wildman–Crippen LogP) is 2.65. The summed E-state index contributed by atoms with van der Waals surface area (Å²) in [4.78, 5) is 0. The maximum absolute atomic E-state index is 5.79. The summed E-state index contributed by atoms with van der Waals surface area (Å²) < 4.78 is 0. The molecule has 0 fully saturated rings. The Morgan fingerprint density at radius 3 is 2.83 bits per heavy atom. The minimum atomic E-state index is 0.842. The van der Waals surface area contributed by atoms with E-state index in [2.05, 4.69) is 28.5 Å². The molecule has 0 radical (unpaired) electrons. The number of benzene rings is 1. The highest BCUT2D eigenvalue weighted by Gasteiger charge is 2.00. The van der Waals surface area contributed by atoms with Gasteiger partial charge in [-0.2, -0.15) is 5.10 Å². The van der Waals surface area contributed by atoms with E-state index in [1.807, 2.05) is 25.3 Å². The molecule has 0 spiro atoms. The smallest absolute Gasteiger partial charge is 0.0522 e. The lowest BCUT2D eigenvalue weighted by Gasteiger charge is -2.08. The van der Waals surface area contributed by atoms with Gasteiger partial charge < -0.3 is 11.1 Å². The second kappa shape index (κ2) is 5.58. The molecule has 1 aromatic carbocycles. The van der Waals surface area contributed by atoms with Gasteiger partial charge in [-0.3, -0.25) is 5.10 Å². The van der Waals surface area contributed by atoms with Crippen LogP contribution in [0.3, 0.4) is 0 Å². The van der Waals surface area contributed by atoms with Crippen molar-refractivity contribution in [2.75, 3.05) is 17.6 Å². The average molecular weight is 244 g/mol. The molecular formula is C14H20N4. The quantitative estimate of drug-likeness (QED) is 0.559. The largest absolute Gasteiger partial charge is 0.399 e. The van der Waals surface area contributed by atoms with Gasteiger partial charge in [-0.15, -0.1) is 0 Å². The second-order valence-electron chi connectivity index (χ2n) is 4.62. The van der Waals surface area contributed by atoms with Crippen LogP contribution in [0.1, 0.15) is 23.2 Å². The van der Waals surface area contributed by atoms with E-state index >= 15 is 0 Å². The normalized spacial score (nSPS) is 10.6. The molecular weight excluding hydrogens is 224 g/mol. The molecule has 4 heteroatoms. The monoisotopic (exact) mass is 244 g/mol. The molecule has 0 aliphatic rings. The van der Waals surface area contributed by atoms with Gasteiger partial charge in [0.15, 0.2) is 0 Å². The van der Waals surface area contributed by atoms with Crippen LogP contribution in [0.25, 0.3) is 0 Å². The van der Waals surface area contributed by atoms with Crippen molar-refractivity contribution in [2.45, 2.75) is 26.7 Å². The third-order valence-corrected chi connectivity index (χ3v) is 3.16. The van der Waals surface area contributed by atoms with Crippen LogP contribution in [0.2, 0.25) is 0 Å². The van der Waals surface area contributed by atoms with E-state index in [0.29, 0.717) is 0 Å². The molecule has 0 bridgehead atoms. The highest BCUT2D eigenvalue weighted by Crippen LogP contribution is 2.16. The average Bonchev–Trinajstić information content (AvgIpc) is 2.75. The number of nitrogen functional groups attached to an aromatic ring is 1. The fourth-order valence-corrected chi connectivity index (χ4v) is 1.92. The van der Waals surface area contributed by atoms with Crippen LogP contribution in [0, 0.1) is 13.8 Å². The van der Waals surface area contributed by atoms with Crippen LogP contribution in [-0.4, -0.2) is 16.7 Å². The van der Waals surface area contributed by atoms with Gasteiger partial charge in [0.2, 0.25) is 0 Å². The highest BCUT2D eigenvalue weighted by molar-refractivity contribution is 5.56. The van der Waals surface area contributed by atoms with Crippen molar-refractivity contribution in [1.82, 2.24) is 10.2 Å². The van der Waals surface area contributed by atoms with Crippen LogP contribution in [-0.2, 0) is 6.42 Å². The van der Waals surface area contributed by atoms with E-state index in [9.17, 15) is 0 Å². The molecule has 2 rings (SSSR count). The number of aryl methyl sites for hydroxylation is 3. The van der Waals surface area contributed by atoms with Gasteiger partial charge in [0.05, 0.1) is 6.20 Å². The molecule has 0 saturated carbocycles. The Morgan fingerprint density at radius 2 is 2.17 bits per heavy atom. The molecule has 0 aliphatic carbocycles. The Hall–Kier alpha value is -1.97. The van der Waals surface area contributed by atoms with Gasteiger partial charge in [0.1, 0.15) is 0 Å². The van der Waals surface area contributed by atoms with E-state index in [0.717, 1.165) is 36.3 Å². The van der Waals surface area contributed by atoms with E-state index in [4.69, 9.17) is 5.73 Å². The van der Waals surface area contributed by atoms with Gasteiger partial charge >= 0.3 is 0 Å². The van der Waals surface area contributed by atoms with E-state index in [1.165, 1.54) is 11.3 Å². The number of anilines is 2. The number of nitrogens with one attached hydrogen (secondary N) is 2. The van der Waals surface area contributed by atoms with Gasteiger partial charge in [0, 0.05) is 23.6 Å². The summed E-state index contributed by atoms with van der Waals surface area (Å²) in [6.07, 6.45) is 4.04. The first-order chi connectivity index (χ1) is 8.66. The summed E-state index contributed by atoms with van der Waals surface area (Å²) >= 11 is 0. The fourth-order valence-electron chi connectivity index (χ4n) is 1.92. The number of aromatic nitrogens is 2. The maximum atomic E-state index is 5.79. The van der Waals surface area contributed by atoms with E-state index in [-0.39, 0.29) is 0 Å². The molecule has 0 saturated heterocycles. The van der Waals surface area contributed by atoms with Crippen LogP contribution < -0.4 is 11.1 Å². The Kier molecular flexibility index (Phi) is 3.87. The number of H-pyrrole nitrogens is 1. The second-order valence-corrected chi connectivity index (χ2v) is 4.62. The third-order valence-electron chi connectivity index (χ3n) is 3.16. The van der Waals surface area contributed by atoms with Crippen LogP contribution in [0.4, 0.5) is 11.4 Å². The lowest BCUT2D eigenvalue weighted by Crippen LogP contribution is -2.03. The van der Waals surface area contributed by atoms with Crippen LogP contribution in [0.15, 0.2) is 24.4 Å². The van der Waals surface area contributed by atoms with Crippen LogP contribution in [0.5, 0.6) is 0 Å². The minimum Gasteiger partial charge on any atom is -0.399 e. The molecule has 0 unspecified atom stereocenters. The topological polar surface area (TPSA) is 66.7 Å². The number of nitrogens with two attached hydrogens (primary N) is 1. The molecule has 1 heterocycles. The maximum Gasteiger partial charge on any atom is 0.0522 e. The molecule has 0 atom stereocenters. The zero-order valence-electron chi connectivity index (χ0n) is 11.0. The number of aromatic amines is 1. The van der Waals surface area contributed by atoms with E-state index < -0.39 is 0 Å². The molecule has 0 amide bonds. The number of hydrogen-bond acceptors (Lipinski definition) is 3.